The lowest BCUT2D eigenvalue weighted by Crippen LogP contribution is -2.13. The number of amides is 2. The lowest BCUT2D eigenvalue weighted by atomic mass is 10.0. The van der Waals surface area contributed by atoms with E-state index in [2.05, 4.69) is 20.3 Å². The maximum Gasteiger partial charge on any atom is 0.267 e. The number of primary amides is 1. The maximum atomic E-state index is 11.7. The standard InChI is InChI=1S/C21H18N6O2/c1-12-4-3-5-16(24-12)20-15(7-8-18(26-20)25-13(2)28)14-6-9-19-23-10-17(21(22)29)27(19)11-14/h3-11H,1-2H3,(H2,22,29)(H,25,26,28). The molecule has 0 atom stereocenters. The number of hydrogen-bond acceptors (Lipinski definition) is 5. The highest BCUT2D eigenvalue weighted by molar-refractivity contribution is 5.92. The molecule has 144 valence electrons. The average Bonchev–Trinajstić information content (AvgIpc) is 3.11. The van der Waals surface area contributed by atoms with Crippen LogP contribution in [0.5, 0.6) is 0 Å². The number of nitrogens with two attached hydrogens (primary N) is 1. The molecule has 0 saturated carbocycles. The highest BCUT2D eigenvalue weighted by Crippen LogP contribution is 2.31. The summed E-state index contributed by atoms with van der Waals surface area (Å²) in [6.45, 7) is 3.33. The zero-order valence-electron chi connectivity index (χ0n) is 15.9. The van der Waals surface area contributed by atoms with Crippen LogP contribution < -0.4 is 11.1 Å². The van der Waals surface area contributed by atoms with E-state index in [9.17, 15) is 9.59 Å². The van der Waals surface area contributed by atoms with Gasteiger partial charge in [-0.3, -0.25) is 19.0 Å². The van der Waals surface area contributed by atoms with Gasteiger partial charge in [0.25, 0.3) is 5.91 Å². The number of carbonyl (C=O) groups excluding carboxylic acids is 2. The van der Waals surface area contributed by atoms with Gasteiger partial charge < -0.3 is 11.1 Å². The maximum absolute atomic E-state index is 11.7. The molecule has 4 aromatic rings. The second-order valence-electron chi connectivity index (χ2n) is 6.59. The van der Waals surface area contributed by atoms with Crippen LogP contribution in [-0.2, 0) is 4.79 Å². The van der Waals surface area contributed by atoms with Crippen molar-refractivity contribution < 1.29 is 9.59 Å². The van der Waals surface area contributed by atoms with Crippen molar-refractivity contribution in [2.45, 2.75) is 13.8 Å². The number of nitrogens with zero attached hydrogens (tertiary/aromatic N) is 4. The largest absolute Gasteiger partial charge is 0.364 e. The van der Waals surface area contributed by atoms with Gasteiger partial charge in [-0.15, -0.1) is 0 Å². The SMILES string of the molecule is CC(=O)Nc1ccc(-c2ccc3ncc(C(N)=O)n3c2)c(-c2cccc(C)n2)n1. The molecule has 2 amide bonds. The molecule has 3 N–H and O–H groups in total. The highest BCUT2D eigenvalue weighted by atomic mass is 16.1. The minimum atomic E-state index is -0.561. The summed E-state index contributed by atoms with van der Waals surface area (Å²) in [6.07, 6.45) is 3.24. The number of anilines is 1. The number of hydrogen-bond donors (Lipinski definition) is 2. The number of pyridine rings is 3. The fraction of sp³-hybridized carbons (Fsp3) is 0.0952. The molecule has 0 spiro atoms. The minimum absolute atomic E-state index is 0.209. The van der Waals surface area contributed by atoms with Crippen LogP contribution in [0.3, 0.4) is 0 Å². The van der Waals surface area contributed by atoms with Crippen molar-refractivity contribution in [1.82, 2.24) is 19.4 Å². The van der Waals surface area contributed by atoms with E-state index in [1.54, 1.807) is 22.7 Å². The Bertz CT molecular complexity index is 1260. The Hall–Kier alpha value is -4.07. The third-order valence-corrected chi connectivity index (χ3v) is 4.40. The fourth-order valence-corrected chi connectivity index (χ4v) is 3.13. The zero-order valence-corrected chi connectivity index (χ0v) is 15.9. The summed E-state index contributed by atoms with van der Waals surface area (Å²) in [6, 6.07) is 12.9. The normalized spacial score (nSPS) is 10.8. The first-order valence-corrected chi connectivity index (χ1v) is 8.92. The van der Waals surface area contributed by atoms with Crippen molar-refractivity contribution in [1.29, 1.82) is 0 Å². The molecule has 0 bridgehead atoms. The predicted molar refractivity (Wildman–Crippen MR) is 109 cm³/mol. The summed E-state index contributed by atoms with van der Waals surface area (Å²) in [5.74, 6) is -0.338. The second-order valence-corrected chi connectivity index (χ2v) is 6.59. The van der Waals surface area contributed by atoms with Gasteiger partial charge in [0, 0.05) is 29.9 Å². The molecule has 0 aliphatic carbocycles. The molecule has 8 nitrogen and oxygen atoms in total. The zero-order chi connectivity index (χ0) is 20.5. The van der Waals surface area contributed by atoms with Crippen LogP contribution in [-0.4, -0.2) is 31.2 Å². The van der Waals surface area contributed by atoms with Crippen molar-refractivity contribution >= 4 is 23.3 Å². The molecular weight excluding hydrogens is 368 g/mol. The molecule has 0 fully saturated rings. The van der Waals surface area contributed by atoms with Crippen LogP contribution in [0.15, 0.2) is 54.9 Å². The van der Waals surface area contributed by atoms with E-state index in [1.165, 1.54) is 13.1 Å². The van der Waals surface area contributed by atoms with Gasteiger partial charge in [0.1, 0.15) is 17.2 Å². The van der Waals surface area contributed by atoms with Crippen molar-refractivity contribution in [2.24, 2.45) is 5.73 Å². The van der Waals surface area contributed by atoms with Crippen LogP contribution >= 0.6 is 0 Å². The number of imidazole rings is 1. The Morgan fingerprint density at radius 1 is 1.07 bits per heavy atom. The first kappa shape index (κ1) is 18.3. The fourth-order valence-electron chi connectivity index (χ4n) is 3.13. The smallest absolute Gasteiger partial charge is 0.267 e. The van der Waals surface area contributed by atoms with Gasteiger partial charge in [-0.25, -0.2) is 9.97 Å². The monoisotopic (exact) mass is 386 g/mol. The van der Waals surface area contributed by atoms with Crippen LogP contribution in [0.2, 0.25) is 0 Å². The summed E-state index contributed by atoms with van der Waals surface area (Å²) in [5, 5.41) is 2.70. The number of aromatic nitrogens is 4. The van der Waals surface area contributed by atoms with Crippen LogP contribution in [0.25, 0.3) is 28.2 Å². The molecule has 0 saturated heterocycles. The van der Waals surface area contributed by atoms with Crippen LogP contribution in [0, 0.1) is 6.92 Å². The van der Waals surface area contributed by atoms with E-state index in [0.29, 0.717) is 28.5 Å². The Kier molecular flexibility index (Phi) is 4.52. The summed E-state index contributed by atoms with van der Waals surface area (Å²) >= 11 is 0. The van der Waals surface area contributed by atoms with Gasteiger partial charge in [-0.2, -0.15) is 0 Å². The Morgan fingerprint density at radius 2 is 1.90 bits per heavy atom. The molecule has 4 aromatic heterocycles. The molecule has 0 aliphatic heterocycles. The minimum Gasteiger partial charge on any atom is -0.364 e. The number of fused-ring (bicyclic) bond motifs is 1. The molecule has 29 heavy (non-hydrogen) atoms. The van der Waals surface area contributed by atoms with Gasteiger partial charge >= 0.3 is 0 Å². The Balaban J connectivity index is 1.93. The molecule has 0 radical (unpaired) electrons. The Labute approximate surface area is 166 Å². The average molecular weight is 386 g/mol. The van der Waals surface area contributed by atoms with Crippen molar-refractivity contribution in [2.75, 3.05) is 5.32 Å². The predicted octanol–water partition coefficient (Wildman–Crippen LogP) is 2.82. The molecule has 0 aromatic carbocycles. The van der Waals surface area contributed by atoms with Gasteiger partial charge in [0.15, 0.2) is 0 Å². The van der Waals surface area contributed by atoms with Crippen LogP contribution in [0.1, 0.15) is 23.1 Å². The van der Waals surface area contributed by atoms with E-state index in [4.69, 9.17) is 5.73 Å². The first-order valence-electron chi connectivity index (χ1n) is 8.92. The summed E-state index contributed by atoms with van der Waals surface area (Å²) < 4.78 is 1.65. The molecule has 0 unspecified atom stereocenters. The van der Waals surface area contributed by atoms with Gasteiger partial charge in [0.05, 0.1) is 17.6 Å². The van der Waals surface area contributed by atoms with Crippen molar-refractivity contribution in [3.63, 3.8) is 0 Å². The third kappa shape index (κ3) is 3.55. The van der Waals surface area contributed by atoms with E-state index in [1.807, 2.05) is 37.3 Å². The number of carbonyl (C=O) groups is 2. The Morgan fingerprint density at radius 3 is 2.62 bits per heavy atom. The van der Waals surface area contributed by atoms with E-state index in [0.717, 1.165) is 16.8 Å². The molecule has 4 rings (SSSR count). The van der Waals surface area contributed by atoms with E-state index < -0.39 is 5.91 Å². The highest BCUT2D eigenvalue weighted by Gasteiger charge is 2.15. The number of aryl methyl sites for hydroxylation is 1. The first-order chi connectivity index (χ1) is 13.9. The summed E-state index contributed by atoms with van der Waals surface area (Å²) in [5.41, 5.74) is 10.1. The number of rotatable bonds is 4. The van der Waals surface area contributed by atoms with Gasteiger partial charge in [-0.05, 0) is 43.3 Å². The lowest BCUT2D eigenvalue weighted by molar-refractivity contribution is -0.114. The number of nitrogens with one attached hydrogen (secondary N) is 1. The van der Waals surface area contributed by atoms with E-state index in [-0.39, 0.29) is 5.91 Å². The van der Waals surface area contributed by atoms with E-state index >= 15 is 0 Å². The second kappa shape index (κ2) is 7.16. The van der Waals surface area contributed by atoms with Gasteiger partial charge in [-0.1, -0.05) is 6.07 Å². The lowest BCUT2D eigenvalue weighted by Gasteiger charge is -2.12. The summed E-state index contributed by atoms with van der Waals surface area (Å²) in [7, 11) is 0. The molecular formula is C21H18N6O2. The quantitative estimate of drug-likeness (QED) is 0.560. The molecule has 0 aliphatic rings. The molecule has 4 heterocycles. The van der Waals surface area contributed by atoms with Crippen molar-refractivity contribution in [3.8, 4) is 22.5 Å². The topological polar surface area (TPSA) is 115 Å². The molecule has 8 heteroatoms. The summed E-state index contributed by atoms with van der Waals surface area (Å²) in [4.78, 5) is 36.6. The van der Waals surface area contributed by atoms with Crippen molar-refractivity contribution in [3.05, 3.63) is 66.2 Å². The van der Waals surface area contributed by atoms with Gasteiger partial charge in [0.2, 0.25) is 5.91 Å². The third-order valence-electron chi connectivity index (χ3n) is 4.40. The van der Waals surface area contributed by atoms with Crippen LogP contribution in [0.4, 0.5) is 5.82 Å².